The van der Waals surface area contributed by atoms with E-state index in [1.54, 1.807) is 30.6 Å². The van der Waals surface area contributed by atoms with Gasteiger partial charge in [-0.3, -0.25) is 14.7 Å². The lowest BCUT2D eigenvalue weighted by molar-refractivity contribution is -0.145. The predicted molar refractivity (Wildman–Crippen MR) is 93.7 cm³/mol. The quantitative estimate of drug-likeness (QED) is 0.621. The number of amides is 1. The van der Waals surface area contributed by atoms with Crippen LogP contribution in [0.3, 0.4) is 0 Å². The minimum atomic E-state index is -1.03. The summed E-state index contributed by atoms with van der Waals surface area (Å²) in [6, 6.07) is 2.63. The Bertz CT molecular complexity index is 619. The van der Waals surface area contributed by atoms with Crippen molar-refractivity contribution in [3.63, 3.8) is 0 Å². The molecular weight excluding hydrogens is 340 g/mol. The number of rotatable bonds is 6. The topological polar surface area (TPSA) is 70.5 Å². The van der Waals surface area contributed by atoms with Crippen molar-refractivity contribution in [2.75, 3.05) is 12.0 Å². The third-order valence-electron chi connectivity index (χ3n) is 3.02. The molecule has 0 saturated carbocycles. The molecule has 2 heterocycles. The molecule has 0 spiro atoms. The van der Waals surface area contributed by atoms with Gasteiger partial charge in [-0.25, -0.2) is 4.79 Å². The maximum Gasteiger partial charge on any atom is 0.326 e. The number of aromatic nitrogens is 1. The Morgan fingerprint density at radius 3 is 2.82 bits per heavy atom. The highest BCUT2D eigenvalue weighted by molar-refractivity contribution is 8.26. The lowest BCUT2D eigenvalue weighted by atomic mass is 10.2. The van der Waals surface area contributed by atoms with E-state index in [1.807, 2.05) is 6.26 Å². The number of carboxylic acid groups (broad SMARTS) is 1. The summed E-state index contributed by atoms with van der Waals surface area (Å²) >= 11 is 7.87. The van der Waals surface area contributed by atoms with Gasteiger partial charge in [0.25, 0.3) is 5.91 Å². The SMILES string of the molecule is CSCC[C@@H](C(=O)O)N1C(=O)/C(=C\c2ccncc2)SC1=S. The normalized spacial score (nSPS) is 18.0. The number of aliphatic carboxylic acids is 1. The summed E-state index contributed by atoms with van der Waals surface area (Å²) in [6.07, 6.45) is 7.22. The van der Waals surface area contributed by atoms with Gasteiger partial charge in [-0.15, -0.1) is 0 Å². The summed E-state index contributed by atoms with van der Waals surface area (Å²) in [5, 5.41) is 9.37. The Hall–Kier alpha value is -1.38. The fourth-order valence-electron chi connectivity index (χ4n) is 1.95. The fraction of sp³-hybridized carbons (Fsp3) is 0.286. The smallest absolute Gasteiger partial charge is 0.326 e. The summed E-state index contributed by atoms with van der Waals surface area (Å²) in [6.45, 7) is 0. The minimum Gasteiger partial charge on any atom is -0.480 e. The zero-order chi connectivity index (χ0) is 16.1. The van der Waals surface area contributed by atoms with Crippen LogP contribution in [0.2, 0.25) is 0 Å². The van der Waals surface area contributed by atoms with Crippen LogP contribution in [0.5, 0.6) is 0 Å². The van der Waals surface area contributed by atoms with E-state index >= 15 is 0 Å². The van der Waals surface area contributed by atoms with Crippen molar-refractivity contribution in [3.8, 4) is 0 Å². The van der Waals surface area contributed by atoms with Crippen LogP contribution in [0.15, 0.2) is 29.4 Å². The van der Waals surface area contributed by atoms with E-state index in [0.29, 0.717) is 21.4 Å². The summed E-state index contributed by atoms with van der Waals surface area (Å²) in [5.74, 6) is -0.729. The van der Waals surface area contributed by atoms with Crippen molar-refractivity contribution >= 4 is 58.0 Å². The molecule has 0 unspecified atom stereocenters. The number of hydrogen-bond donors (Lipinski definition) is 1. The molecule has 5 nitrogen and oxygen atoms in total. The molecule has 1 fully saturated rings. The third kappa shape index (κ3) is 3.88. The molecule has 1 amide bonds. The van der Waals surface area contributed by atoms with Gasteiger partial charge in [0.1, 0.15) is 10.4 Å². The van der Waals surface area contributed by atoms with Gasteiger partial charge >= 0.3 is 5.97 Å². The molecule has 1 aliphatic heterocycles. The van der Waals surface area contributed by atoms with Crippen molar-refractivity contribution in [1.82, 2.24) is 9.88 Å². The average molecular weight is 354 g/mol. The summed E-state index contributed by atoms with van der Waals surface area (Å²) < 4.78 is 0.291. The van der Waals surface area contributed by atoms with Gasteiger partial charge in [0, 0.05) is 12.4 Å². The van der Waals surface area contributed by atoms with E-state index < -0.39 is 12.0 Å². The highest BCUT2D eigenvalue weighted by atomic mass is 32.2. The molecule has 2 rings (SSSR count). The molecule has 1 aromatic heterocycles. The first-order valence-electron chi connectivity index (χ1n) is 6.43. The molecule has 0 aromatic carbocycles. The zero-order valence-corrected chi connectivity index (χ0v) is 14.2. The van der Waals surface area contributed by atoms with Crippen LogP contribution in [0, 0.1) is 0 Å². The molecule has 22 heavy (non-hydrogen) atoms. The summed E-state index contributed by atoms with van der Waals surface area (Å²) in [4.78, 5) is 29.5. The van der Waals surface area contributed by atoms with E-state index in [1.165, 1.54) is 16.7 Å². The second kappa shape index (κ2) is 7.75. The van der Waals surface area contributed by atoms with Crippen molar-refractivity contribution in [1.29, 1.82) is 0 Å². The van der Waals surface area contributed by atoms with Gasteiger partial charge in [0.15, 0.2) is 0 Å². The molecule has 0 bridgehead atoms. The largest absolute Gasteiger partial charge is 0.480 e. The number of pyridine rings is 1. The number of nitrogens with zero attached hydrogens (tertiary/aromatic N) is 2. The lowest BCUT2D eigenvalue weighted by Gasteiger charge is -2.22. The molecule has 1 atom stereocenters. The van der Waals surface area contributed by atoms with Crippen molar-refractivity contribution in [2.45, 2.75) is 12.5 Å². The van der Waals surface area contributed by atoms with Crippen LogP contribution in [-0.2, 0) is 9.59 Å². The molecule has 0 radical (unpaired) electrons. The summed E-state index contributed by atoms with van der Waals surface area (Å²) in [5.41, 5.74) is 0.825. The van der Waals surface area contributed by atoms with Crippen LogP contribution in [-0.4, -0.2) is 49.2 Å². The van der Waals surface area contributed by atoms with E-state index in [-0.39, 0.29) is 5.91 Å². The van der Waals surface area contributed by atoms with E-state index in [0.717, 1.165) is 17.3 Å². The summed E-state index contributed by atoms with van der Waals surface area (Å²) in [7, 11) is 0. The van der Waals surface area contributed by atoms with Crippen molar-refractivity contribution in [3.05, 3.63) is 35.0 Å². The molecule has 1 saturated heterocycles. The van der Waals surface area contributed by atoms with Gasteiger partial charge in [0.05, 0.1) is 4.91 Å². The Labute approximate surface area is 142 Å². The van der Waals surface area contributed by atoms with Crippen LogP contribution in [0.25, 0.3) is 6.08 Å². The lowest BCUT2D eigenvalue weighted by Crippen LogP contribution is -2.44. The average Bonchev–Trinajstić information content (AvgIpc) is 2.76. The van der Waals surface area contributed by atoms with Gasteiger partial charge in [0.2, 0.25) is 0 Å². The Morgan fingerprint density at radius 1 is 1.55 bits per heavy atom. The number of thiocarbonyl (C=S) groups is 1. The van der Waals surface area contributed by atoms with Gasteiger partial charge in [-0.2, -0.15) is 11.8 Å². The third-order valence-corrected chi connectivity index (χ3v) is 4.99. The first-order chi connectivity index (χ1) is 10.5. The van der Waals surface area contributed by atoms with Crippen LogP contribution in [0.4, 0.5) is 0 Å². The van der Waals surface area contributed by atoms with Crippen molar-refractivity contribution < 1.29 is 14.7 Å². The number of carbonyl (C=O) groups excluding carboxylic acids is 1. The number of carbonyl (C=O) groups is 2. The highest BCUT2D eigenvalue weighted by Crippen LogP contribution is 2.34. The van der Waals surface area contributed by atoms with Crippen molar-refractivity contribution in [2.24, 2.45) is 0 Å². The Morgan fingerprint density at radius 2 is 2.23 bits per heavy atom. The van der Waals surface area contributed by atoms with Crippen LogP contribution in [0.1, 0.15) is 12.0 Å². The maximum absolute atomic E-state index is 12.5. The van der Waals surface area contributed by atoms with E-state index in [9.17, 15) is 14.7 Å². The molecule has 0 aliphatic carbocycles. The van der Waals surface area contributed by atoms with Gasteiger partial charge in [-0.05, 0) is 42.2 Å². The van der Waals surface area contributed by atoms with E-state index in [4.69, 9.17) is 12.2 Å². The predicted octanol–water partition coefficient (Wildman–Crippen LogP) is 2.49. The first kappa shape index (κ1) is 17.0. The number of hydrogen-bond acceptors (Lipinski definition) is 6. The molecular formula is C14H14N2O3S3. The minimum absolute atomic E-state index is 0.291. The molecule has 1 aromatic rings. The second-order valence-corrected chi connectivity index (χ2v) is 7.13. The number of carboxylic acids is 1. The van der Waals surface area contributed by atoms with E-state index in [2.05, 4.69) is 4.98 Å². The molecule has 1 aliphatic rings. The molecule has 1 N–H and O–H groups in total. The maximum atomic E-state index is 12.5. The Kier molecular flexibility index (Phi) is 5.98. The second-order valence-electron chi connectivity index (χ2n) is 4.47. The molecule has 8 heteroatoms. The molecule has 116 valence electrons. The zero-order valence-electron chi connectivity index (χ0n) is 11.8. The number of thioether (sulfide) groups is 2. The first-order valence-corrected chi connectivity index (χ1v) is 9.05. The Balaban J connectivity index is 2.24. The highest BCUT2D eigenvalue weighted by Gasteiger charge is 2.40. The monoisotopic (exact) mass is 354 g/mol. The van der Waals surface area contributed by atoms with Crippen LogP contribution < -0.4 is 0 Å². The van der Waals surface area contributed by atoms with Crippen LogP contribution >= 0.6 is 35.7 Å². The van der Waals surface area contributed by atoms with Gasteiger partial charge in [-0.1, -0.05) is 24.0 Å². The van der Waals surface area contributed by atoms with Gasteiger partial charge < -0.3 is 5.11 Å². The standard InChI is InChI=1S/C14H14N2O3S3/c1-21-7-4-10(13(18)19)16-12(17)11(22-14(16)20)8-9-2-5-15-6-3-9/h2-3,5-6,8,10H,4,7H2,1H3,(H,18,19)/b11-8+/t10-/m0/s1. The fourth-order valence-corrected chi connectivity index (χ4v) is 3.77.